The Morgan fingerprint density at radius 1 is 1.83 bits per heavy atom. The van der Waals surface area contributed by atoms with Crippen molar-refractivity contribution in [3.63, 3.8) is 0 Å². The van der Waals surface area contributed by atoms with E-state index >= 15 is 0 Å². The molecule has 1 heterocycles. The van der Waals surface area contributed by atoms with E-state index in [4.69, 9.17) is 12.6 Å². The summed E-state index contributed by atoms with van der Waals surface area (Å²) in [6.45, 7) is 2.04. The van der Waals surface area contributed by atoms with Gasteiger partial charge in [-0.3, -0.25) is 0 Å². The lowest BCUT2D eigenvalue weighted by Crippen LogP contribution is -2.17. The Balaban J connectivity index is 2.87. The summed E-state index contributed by atoms with van der Waals surface area (Å²) in [4.78, 5) is 17.6. The van der Waals surface area contributed by atoms with Crippen LogP contribution in [0.25, 0.3) is 0 Å². The molecular formula is C6H8BN2O2P. The van der Waals surface area contributed by atoms with Crippen molar-refractivity contribution >= 4 is 34.2 Å². The Labute approximate surface area is 73.7 Å². The maximum Gasteiger partial charge on any atom is 0.357 e. The molecule has 2 radical (unpaired) electrons. The fraction of sp³-hybridized carbons (Fsp3) is 0.333. The average molecular weight is 182 g/mol. The van der Waals surface area contributed by atoms with Gasteiger partial charge in [-0.2, -0.15) is 0 Å². The van der Waals surface area contributed by atoms with Gasteiger partial charge in [0.05, 0.1) is 6.61 Å². The molecule has 62 valence electrons. The Bertz CT molecular complexity index is 300. The summed E-state index contributed by atoms with van der Waals surface area (Å²) in [7, 11) is 7.75. The molecule has 4 nitrogen and oxygen atoms in total. The van der Waals surface area contributed by atoms with Gasteiger partial charge < -0.3 is 9.72 Å². The third-order valence-corrected chi connectivity index (χ3v) is 1.49. The lowest BCUT2D eigenvalue weighted by atomic mass is 10.0. The van der Waals surface area contributed by atoms with Gasteiger partial charge in [-0.15, -0.1) is 0 Å². The molecule has 0 saturated carbocycles. The molecule has 1 unspecified atom stereocenters. The monoisotopic (exact) mass is 182 g/mol. The number of carbonyl (C=O) groups excluding carboxylic acids is 1. The molecule has 1 aromatic heterocycles. The first-order chi connectivity index (χ1) is 5.65. The molecule has 1 atom stereocenters. The molecule has 0 fully saturated rings. The van der Waals surface area contributed by atoms with Crippen LogP contribution in [0, 0.1) is 0 Å². The number of aromatic amines is 1. The van der Waals surface area contributed by atoms with Crippen LogP contribution in [0.5, 0.6) is 0 Å². The molecular weight excluding hydrogens is 174 g/mol. The van der Waals surface area contributed by atoms with E-state index in [1.807, 2.05) is 0 Å². The number of H-pyrrole nitrogens is 1. The fourth-order valence-corrected chi connectivity index (χ4v) is 1.05. The number of nitrogens with zero attached hydrogens (tertiary/aromatic N) is 1. The first-order valence-corrected chi connectivity index (χ1v) is 4.01. The van der Waals surface area contributed by atoms with Crippen LogP contribution in [0.3, 0.4) is 0 Å². The quantitative estimate of drug-likeness (QED) is 0.358. The summed E-state index contributed by atoms with van der Waals surface area (Å²) in [6.07, 6.45) is 0. The highest BCUT2D eigenvalue weighted by Gasteiger charge is 2.13. The second-order valence-electron chi connectivity index (χ2n) is 2.10. The molecule has 12 heavy (non-hydrogen) atoms. The van der Waals surface area contributed by atoms with Crippen LogP contribution in [-0.2, 0) is 4.74 Å². The number of carbonyl (C=O) groups is 1. The molecule has 1 aromatic rings. The van der Waals surface area contributed by atoms with Crippen LogP contribution in [0.2, 0.25) is 0 Å². The summed E-state index contributed by atoms with van der Waals surface area (Å²) in [5, 5.41) is 0. The van der Waals surface area contributed by atoms with Gasteiger partial charge in [0.2, 0.25) is 0 Å². The van der Waals surface area contributed by atoms with Gasteiger partial charge in [0, 0.05) is 0 Å². The zero-order valence-electron chi connectivity index (χ0n) is 6.63. The molecule has 0 saturated heterocycles. The number of hydrogen-bond donors (Lipinski definition) is 1. The molecule has 0 bridgehead atoms. The van der Waals surface area contributed by atoms with Crippen molar-refractivity contribution in [2.45, 2.75) is 6.92 Å². The lowest BCUT2D eigenvalue weighted by molar-refractivity contribution is 0.0522. The molecule has 0 aromatic carbocycles. The van der Waals surface area contributed by atoms with E-state index in [9.17, 15) is 4.79 Å². The Morgan fingerprint density at radius 3 is 2.92 bits per heavy atom. The van der Waals surface area contributed by atoms with Crippen molar-refractivity contribution in [3.05, 3.63) is 5.69 Å². The predicted octanol–water partition coefficient (Wildman–Crippen LogP) is -1.12. The van der Waals surface area contributed by atoms with Crippen molar-refractivity contribution < 1.29 is 9.53 Å². The molecule has 1 rings (SSSR count). The first-order valence-electron chi connectivity index (χ1n) is 3.43. The SMILES string of the molecule is [B]c1[nH]c(P)nc1C(=O)OCC. The molecule has 0 aliphatic rings. The minimum atomic E-state index is -0.500. The Morgan fingerprint density at radius 2 is 2.50 bits per heavy atom. The van der Waals surface area contributed by atoms with E-state index < -0.39 is 5.97 Å². The molecule has 0 aliphatic carbocycles. The highest BCUT2D eigenvalue weighted by molar-refractivity contribution is 7.26. The van der Waals surface area contributed by atoms with Gasteiger partial charge in [-0.1, -0.05) is 9.24 Å². The van der Waals surface area contributed by atoms with Crippen LogP contribution >= 0.6 is 9.24 Å². The second kappa shape index (κ2) is 3.72. The van der Waals surface area contributed by atoms with Gasteiger partial charge in [0.25, 0.3) is 0 Å². The van der Waals surface area contributed by atoms with E-state index in [1.165, 1.54) is 0 Å². The number of hydrogen-bond acceptors (Lipinski definition) is 3. The molecule has 0 aliphatic heterocycles. The van der Waals surface area contributed by atoms with E-state index in [0.29, 0.717) is 12.2 Å². The first kappa shape index (κ1) is 9.26. The number of imidazole rings is 1. The number of rotatable bonds is 2. The number of ether oxygens (including phenoxy) is 1. The fourth-order valence-electron chi connectivity index (χ4n) is 0.761. The standard InChI is InChI=1S/C6H8BN2O2P/c1-2-11-5(10)3-4(7)9-6(12)8-3/h2,12H2,1H3,(H,8,9). The summed E-state index contributed by atoms with van der Waals surface area (Å²) >= 11 is 0. The zero-order valence-corrected chi connectivity index (χ0v) is 7.78. The molecule has 1 N–H and O–H groups in total. The predicted molar refractivity (Wildman–Crippen MR) is 49.3 cm³/mol. The van der Waals surface area contributed by atoms with Crippen molar-refractivity contribution in [1.82, 2.24) is 9.97 Å². The summed E-state index contributed by atoms with van der Waals surface area (Å²) in [5.41, 5.74) is 0.899. The minimum absolute atomic E-state index is 0.141. The lowest BCUT2D eigenvalue weighted by Gasteiger charge is -1.97. The number of esters is 1. The smallest absolute Gasteiger partial charge is 0.357 e. The van der Waals surface area contributed by atoms with Crippen molar-refractivity contribution in [3.8, 4) is 0 Å². The summed E-state index contributed by atoms with van der Waals surface area (Å²) in [6, 6.07) is 0. The van der Waals surface area contributed by atoms with Crippen LogP contribution in [0.1, 0.15) is 17.4 Å². The third kappa shape index (κ3) is 1.86. The summed E-state index contributed by atoms with van der Waals surface area (Å²) < 4.78 is 4.71. The zero-order chi connectivity index (χ0) is 9.14. The molecule has 0 spiro atoms. The van der Waals surface area contributed by atoms with Gasteiger partial charge >= 0.3 is 5.97 Å². The number of aromatic nitrogens is 2. The van der Waals surface area contributed by atoms with Crippen molar-refractivity contribution in [2.24, 2.45) is 0 Å². The van der Waals surface area contributed by atoms with Gasteiger partial charge in [0.1, 0.15) is 13.4 Å². The topological polar surface area (TPSA) is 55.0 Å². The highest BCUT2D eigenvalue weighted by Crippen LogP contribution is 1.92. The van der Waals surface area contributed by atoms with E-state index in [2.05, 4.69) is 19.2 Å². The molecule has 6 heteroatoms. The van der Waals surface area contributed by atoms with Crippen molar-refractivity contribution in [2.75, 3.05) is 6.61 Å². The Hall–Kier alpha value is -0.825. The van der Waals surface area contributed by atoms with Crippen LogP contribution < -0.4 is 11.2 Å². The second-order valence-corrected chi connectivity index (χ2v) is 2.65. The number of nitrogens with one attached hydrogen (secondary N) is 1. The van der Waals surface area contributed by atoms with E-state index in [0.717, 1.165) is 0 Å². The normalized spacial score (nSPS) is 9.83. The van der Waals surface area contributed by atoms with Crippen molar-refractivity contribution in [1.29, 1.82) is 0 Å². The van der Waals surface area contributed by atoms with Gasteiger partial charge in [0.15, 0.2) is 5.69 Å². The van der Waals surface area contributed by atoms with Crippen LogP contribution in [0.4, 0.5) is 0 Å². The third-order valence-electron chi connectivity index (χ3n) is 1.22. The average Bonchev–Trinajstić information content (AvgIpc) is 2.30. The highest BCUT2D eigenvalue weighted by atomic mass is 31.0. The van der Waals surface area contributed by atoms with E-state index in [1.54, 1.807) is 6.92 Å². The van der Waals surface area contributed by atoms with Crippen LogP contribution in [0.15, 0.2) is 0 Å². The van der Waals surface area contributed by atoms with E-state index in [-0.39, 0.29) is 11.3 Å². The van der Waals surface area contributed by atoms with Gasteiger partial charge in [-0.25, -0.2) is 9.78 Å². The minimum Gasteiger partial charge on any atom is -0.461 e. The summed E-state index contributed by atoms with van der Waals surface area (Å²) in [5.74, 6) is -0.500. The Kier molecular flexibility index (Phi) is 2.87. The maximum atomic E-state index is 11.1. The van der Waals surface area contributed by atoms with Gasteiger partial charge in [-0.05, 0) is 12.5 Å². The maximum absolute atomic E-state index is 11.1. The van der Waals surface area contributed by atoms with Crippen LogP contribution in [-0.4, -0.2) is 30.4 Å². The molecule has 0 amide bonds. The largest absolute Gasteiger partial charge is 0.461 e.